The lowest BCUT2D eigenvalue weighted by atomic mass is 9.99. The molecule has 0 fully saturated rings. The van der Waals surface area contributed by atoms with Crippen LogP contribution >= 0.6 is 11.3 Å². The molecule has 2 aromatic carbocycles. The number of carbonyl (C=O) groups excluding carboxylic acids is 1. The van der Waals surface area contributed by atoms with Crippen LogP contribution in [0.2, 0.25) is 0 Å². The van der Waals surface area contributed by atoms with Gasteiger partial charge in [-0.2, -0.15) is 0 Å². The predicted molar refractivity (Wildman–Crippen MR) is 99.4 cm³/mol. The van der Waals surface area contributed by atoms with E-state index in [4.69, 9.17) is 0 Å². The quantitative estimate of drug-likeness (QED) is 0.666. The highest BCUT2D eigenvalue weighted by atomic mass is 32.2. The largest absolute Gasteiger partial charge is 0.289 e. The summed E-state index contributed by atoms with van der Waals surface area (Å²) in [5.41, 5.74) is 1.87. The summed E-state index contributed by atoms with van der Waals surface area (Å²) >= 11 is 1.17. The number of hydrogen-bond donors (Lipinski definition) is 1. The minimum absolute atomic E-state index is 0.0873. The summed E-state index contributed by atoms with van der Waals surface area (Å²) in [5, 5.41) is 1.72. The zero-order chi connectivity index (χ0) is 17.9. The fraction of sp³-hybridized carbons (Fsp3) is 0.105. The van der Waals surface area contributed by atoms with Crippen molar-refractivity contribution in [1.82, 2.24) is 4.72 Å². The molecule has 0 amide bonds. The Kier molecular flexibility index (Phi) is 5.13. The van der Waals surface area contributed by atoms with E-state index in [2.05, 4.69) is 4.72 Å². The molecule has 1 atom stereocenters. The van der Waals surface area contributed by atoms with Gasteiger partial charge in [0.2, 0.25) is 0 Å². The highest BCUT2D eigenvalue weighted by Gasteiger charge is 2.20. The maximum Gasteiger partial charge on any atom is 0.250 e. The van der Waals surface area contributed by atoms with E-state index < -0.39 is 16.1 Å². The number of carbonyl (C=O) groups is 1. The summed E-state index contributed by atoms with van der Waals surface area (Å²) in [6, 6.07) is 18.9. The topological polar surface area (TPSA) is 63.2 Å². The Bertz CT molecular complexity index is 965. The van der Waals surface area contributed by atoms with E-state index >= 15 is 0 Å². The van der Waals surface area contributed by atoms with Crippen molar-refractivity contribution in [1.29, 1.82) is 0 Å². The second-order valence-electron chi connectivity index (χ2n) is 5.60. The molecular weight excluding hydrogens is 354 g/mol. The molecule has 0 aliphatic carbocycles. The maximum absolute atomic E-state index is 12.6. The smallest absolute Gasteiger partial charge is 0.250 e. The lowest BCUT2D eigenvalue weighted by Crippen LogP contribution is -2.26. The summed E-state index contributed by atoms with van der Waals surface area (Å²) in [7, 11) is -3.57. The van der Waals surface area contributed by atoms with Gasteiger partial charge in [0.15, 0.2) is 5.78 Å². The second kappa shape index (κ2) is 7.31. The summed E-state index contributed by atoms with van der Waals surface area (Å²) in [6.07, 6.45) is 0. The molecule has 0 saturated carbocycles. The molecule has 25 heavy (non-hydrogen) atoms. The molecule has 0 saturated heterocycles. The van der Waals surface area contributed by atoms with Gasteiger partial charge in [-0.05, 0) is 30.0 Å². The minimum atomic E-state index is -3.57. The van der Waals surface area contributed by atoms with Gasteiger partial charge in [0.1, 0.15) is 4.21 Å². The van der Waals surface area contributed by atoms with Crippen LogP contribution in [0.15, 0.2) is 76.3 Å². The highest BCUT2D eigenvalue weighted by Crippen LogP contribution is 2.21. The van der Waals surface area contributed by atoms with E-state index in [9.17, 15) is 13.2 Å². The Labute approximate surface area is 151 Å². The van der Waals surface area contributed by atoms with Crippen molar-refractivity contribution in [2.24, 2.45) is 0 Å². The number of ketones is 1. The zero-order valence-corrected chi connectivity index (χ0v) is 15.2. The van der Waals surface area contributed by atoms with Crippen LogP contribution in [0.4, 0.5) is 0 Å². The molecule has 0 bridgehead atoms. The van der Waals surface area contributed by atoms with Crippen molar-refractivity contribution in [2.75, 3.05) is 0 Å². The third-order valence-corrected chi connectivity index (χ3v) is 6.71. The van der Waals surface area contributed by atoms with Crippen molar-refractivity contribution < 1.29 is 13.2 Å². The molecule has 0 radical (unpaired) electrons. The Hall–Kier alpha value is -2.28. The Balaban J connectivity index is 1.83. The average Bonchev–Trinajstić information content (AvgIpc) is 3.17. The number of benzene rings is 2. The monoisotopic (exact) mass is 371 g/mol. The molecule has 0 aliphatic heterocycles. The molecule has 3 aromatic rings. The average molecular weight is 371 g/mol. The fourth-order valence-electron chi connectivity index (χ4n) is 2.48. The van der Waals surface area contributed by atoms with Crippen LogP contribution in [0.25, 0.3) is 0 Å². The third kappa shape index (κ3) is 4.04. The van der Waals surface area contributed by atoms with Gasteiger partial charge in [-0.15, -0.1) is 11.3 Å². The van der Waals surface area contributed by atoms with Gasteiger partial charge < -0.3 is 0 Å². The summed E-state index contributed by atoms with van der Waals surface area (Å²) < 4.78 is 27.6. The third-order valence-electron chi connectivity index (χ3n) is 3.78. The fourth-order valence-corrected chi connectivity index (χ4v) is 4.72. The molecule has 0 spiro atoms. The first-order valence-corrected chi connectivity index (χ1v) is 10.1. The predicted octanol–water partition coefficient (Wildman–Crippen LogP) is 4.02. The van der Waals surface area contributed by atoms with Crippen LogP contribution in [-0.2, 0) is 10.0 Å². The van der Waals surface area contributed by atoms with Crippen LogP contribution in [-0.4, -0.2) is 14.2 Å². The first kappa shape index (κ1) is 17.5. The van der Waals surface area contributed by atoms with Gasteiger partial charge in [-0.1, -0.05) is 54.6 Å². The van der Waals surface area contributed by atoms with Crippen LogP contribution < -0.4 is 4.72 Å². The maximum atomic E-state index is 12.6. The molecule has 1 N–H and O–H groups in total. The van der Waals surface area contributed by atoms with E-state index in [0.29, 0.717) is 11.1 Å². The van der Waals surface area contributed by atoms with Crippen molar-refractivity contribution in [2.45, 2.75) is 17.2 Å². The van der Waals surface area contributed by atoms with Crippen molar-refractivity contribution in [3.8, 4) is 0 Å². The lowest BCUT2D eigenvalue weighted by molar-refractivity contribution is 0.103. The van der Waals surface area contributed by atoms with Crippen LogP contribution in [0, 0.1) is 0 Å². The standard InChI is InChI=1S/C19H17NO3S2/c1-14(20-25(22,23)18-11-6-12-24-18)16-9-5-10-17(13-16)19(21)15-7-3-2-4-8-15/h2-14,20H,1H3. The highest BCUT2D eigenvalue weighted by molar-refractivity contribution is 7.91. The molecular formula is C19H17NO3S2. The SMILES string of the molecule is CC(NS(=O)(=O)c1cccs1)c1cccc(C(=O)c2ccccc2)c1. The van der Waals surface area contributed by atoms with Crippen LogP contribution in [0.5, 0.6) is 0 Å². The normalized spacial score (nSPS) is 12.7. The van der Waals surface area contributed by atoms with Gasteiger partial charge in [0.25, 0.3) is 10.0 Å². The Morgan fingerprint density at radius 3 is 2.36 bits per heavy atom. The number of hydrogen-bond acceptors (Lipinski definition) is 4. The van der Waals surface area contributed by atoms with E-state index in [1.165, 1.54) is 11.3 Å². The lowest BCUT2D eigenvalue weighted by Gasteiger charge is -2.14. The minimum Gasteiger partial charge on any atom is -0.289 e. The van der Waals surface area contributed by atoms with Crippen molar-refractivity contribution in [3.63, 3.8) is 0 Å². The first-order chi connectivity index (χ1) is 12.0. The molecule has 4 nitrogen and oxygen atoms in total. The molecule has 6 heteroatoms. The van der Waals surface area contributed by atoms with Crippen LogP contribution in [0.1, 0.15) is 34.5 Å². The molecule has 3 rings (SSSR count). The molecule has 1 unspecified atom stereocenters. The first-order valence-electron chi connectivity index (χ1n) is 7.73. The summed E-state index contributed by atoms with van der Waals surface area (Å²) in [6.45, 7) is 1.76. The molecule has 1 aromatic heterocycles. The van der Waals surface area contributed by atoms with Gasteiger partial charge in [-0.25, -0.2) is 13.1 Å². The summed E-state index contributed by atoms with van der Waals surface area (Å²) in [4.78, 5) is 12.6. The molecule has 128 valence electrons. The number of nitrogens with one attached hydrogen (secondary N) is 1. The van der Waals surface area contributed by atoms with Crippen molar-refractivity contribution >= 4 is 27.1 Å². The zero-order valence-electron chi connectivity index (χ0n) is 13.5. The van der Waals surface area contributed by atoms with E-state index in [1.54, 1.807) is 54.8 Å². The van der Waals surface area contributed by atoms with E-state index in [0.717, 1.165) is 5.56 Å². The molecule has 0 aliphatic rings. The van der Waals surface area contributed by atoms with Gasteiger partial charge in [-0.3, -0.25) is 4.79 Å². The van der Waals surface area contributed by atoms with Gasteiger partial charge >= 0.3 is 0 Å². The van der Waals surface area contributed by atoms with E-state index in [1.807, 2.05) is 24.3 Å². The van der Waals surface area contributed by atoms with Gasteiger partial charge in [0, 0.05) is 17.2 Å². The van der Waals surface area contributed by atoms with Crippen LogP contribution in [0.3, 0.4) is 0 Å². The number of thiophene rings is 1. The molecule has 1 heterocycles. The van der Waals surface area contributed by atoms with E-state index in [-0.39, 0.29) is 9.99 Å². The number of rotatable bonds is 6. The second-order valence-corrected chi connectivity index (χ2v) is 8.48. The summed E-state index contributed by atoms with van der Waals surface area (Å²) in [5.74, 6) is -0.0873. The van der Waals surface area contributed by atoms with Gasteiger partial charge in [0.05, 0.1) is 0 Å². The Morgan fingerprint density at radius 2 is 1.68 bits per heavy atom. The van der Waals surface area contributed by atoms with Crippen molar-refractivity contribution in [3.05, 3.63) is 88.8 Å². The Morgan fingerprint density at radius 1 is 0.960 bits per heavy atom. The number of sulfonamides is 1.